The SMILES string of the molecule is Cc1ccc(N(c2ccccc2)c2cc(-c3ccc4oc5ccccc5c4c3)cc(N(c3ccccc3)c3ccc4c(c3)C(c3ccccc3)(c3ccccc3)c3ccccc3-4)c2)cc1. The van der Waals surface area contributed by atoms with Gasteiger partial charge in [0, 0.05) is 44.9 Å². The molecular weight excluding hydrogens is 789 g/mol. The van der Waals surface area contributed by atoms with Crippen LogP contribution in [0.2, 0.25) is 0 Å². The summed E-state index contributed by atoms with van der Waals surface area (Å²) in [5, 5.41) is 2.21. The van der Waals surface area contributed by atoms with Crippen LogP contribution in [0.1, 0.15) is 27.8 Å². The lowest BCUT2D eigenvalue weighted by Crippen LogP contribution is -2.28. The largest absolute Gasteiger partial charge is 0.456 e. The number of aryl methyl sites for hydroxylation is 1. The van der Waals surface area contributed by atoms with E-state index in [1.165, 1.54) is 38.9 Å². The minimum atomic E-state index is -0.544. The quantitative estimate of drug-likeness (QED) is 0.144. The van der Waals surface area contributed by atoms with Gasteiger partial charge in [0.2, 0.25) is 0 Å². The third kappa shape index (κ3) is 6.43. The molecule has 0 unspecified atom stereocenters. The van der Waals surface area contributed by atoms with Crippen LogP contribution in [-0.4, -0.2) is 0 Å². The summed E-state index contributed by atoms with van der Waals surface area (Å²) in [7, 11) is 0. The van der Waals surface area contributed by atoms with E-state index in [0.717, 1.165) is 67.2 Å². The van der Waals surface area contributed by atoms with Gasteiger partial charge in [-0.05, 0) is 136 Å². The number of anilines is 6. The van der Waals surface area contributed by atoms with Crippen LogP contribution in [0.15, 0.2) is 253 Å². The number of furan rings is 1. The van der Waals surface area contributed by atoms with E-state index in [1.54, 1.807) is 0 Å². The van der Waals surface area contributed by atoms with Crippen molar-refractivity contribution in [2.24, 2.45) is 0 Å². The molecule has 0 saturated heterocycles. The molecule has 3 heteroatoms. The first-order chi connectivity index (χ1) is 32.1. The second-order valence-electron chi connectivity index (χ2n) is 17.0. The van der Waals surface area contributed by atoms with Gasteiger partial charge in [0.05, 0.1) is 5.41 Å². The van der Waals surface area contributed by atoms with Crippen molar-refractivity contribution in [3.8, 4) is 22.3 Å². The van der Waals surface area contributed by atoms with Crippen molar-refractivity contribution in [1.29, 1.82) is 0 Å². The second-order valence-corrected chi connectivity index (χ2v) is 17.0. The molecule has 0 aliphatic heterocycles. The summed E-state index contributed by atoms with van der Waals surface area (Å²) in [6.07, 6.45) is 0. The zero-order chi connectivity index (χ0) is 43.3. The topological polar surface area (TPSA) is 19.6 Å². The summed E-state index contributed by atoms with van der Waals surface area (Å²) in [4.78, 5) is 4.80. The molecule has 10 aromatic carbocycles. The van der Waals surface area contributed by atoms with Gasteiger partial charge in [-0.25, -0.2) is 0 Å². The van der Waals surface area contributed by atoms with Crippen molar-refractivity contribution in [2.75, 3.05) is 9.80 Å². The van der Waals surface area contributed by atoms with E-state index in [9.17, 15) is 0 Å². The molecule has 11 aromatic rings. The molecule has 0 radical (unpaired) electrons. The Morgan fingerprint density at radius 2 is 0.831 bits per heavy atom. The monoisotopic (exact) mass is 832 g/mol. The fourth-order valence-electron chi connectivity index (χ4n) is 10.2. The maximum absolute atomic E-state index is 6.33. The lowest BCUT2D eigenvalue weighted by atomic mass is 9.67. The van der Waals surface area contributed by atoms with Gasteiger partial charge in [0.1, 0.15) is 11.2 Å². The van der Waals surface area contributed by atoms with Gasteiger partial charge in [-0.15, -0.1) is 0 Å². The third-order valence-electron chi connectivity index (χ3n) is 13.2. The number of fused-ring (bicyclic) bond motifs is 6. The molecule has 0 saturated carbocycles. The average molecular weight is 833 g/mol. The Morgan fingerprint density at radius 3 is 1.49 bits per heavy atom. The highest BCUT2D eigenvalue weighted by atomic mass is 16.3. The van der Waals surface area contributed by atoms with Crippen molar-refractivity contribution in [3.63, 3.8) is 0 Å². The number of hydrogen-bond donors (Lipinski definition) is 0. The summed E-state index contributed by atoms with van der Waals surface area (Å²) in [5.41, 5.74) is 18.5. The Balaban J connectivity index is 1.13. The van der Waals surface area contributed by atoms with Crippen LogP contribution in [0.3, 0.4) is 0 Å². The highest BCUT2D eigenvalue weighted by molar-refractivity contribution is 6.06. The van der Waals surface area contributed by atoms with Crippen LogP contribution in [0.4, 0.5) is 34.1 Å². The molecule has 0 atom stereocenters. The lowest BCUT2D eigenvalue weighted by Gasteiger charge is -2.35. The van der Waals surface area contributed by atoms with Gasteiger partial charge in [0.15, 0.2) is 0 Å². The molecule has 1 aliphatic rings. The predicted molar refractivity (Wildman–Crippen MR) is 271 cm³/mol. The standard InChI is InChI=1S/C62H44N2O/c1-43-30-33-50(34-31-43)63(48-22-10-4-11-23-48)52-38-45(44-32-37-61-57(40-44)56-27-15-17-29-60(56)65-61)39-53(41-52)64(49-24-12-5-13-25-49)51-35-36-55-54-26-14-16-28-58(54)62(59(55)42-51,46-18-6-2-7-19-46)47-20-8-3-9-21-47/h2-42H,1H3. The van der Waals surface area contributed by atoms with Crippen LogP contribution in [0.5, 0.6) is 0 Å². The molecule has 0 amide bonds. The first-order valence-electron chi connectivity index (χ1n) is 22.3. The first kappa shape index (κ1) is 38.3. The van der Waals surface area contributed by atoms with Crippen molar-refractivity contribution in [3.05, 3.63) is 277 Å². The molecule has 0 spiro atoms. The molecule has 1 heterocycles. The van der Waals surface area contributed by atoms with Gasteiger partial charge in [-0.2, -0.15) is 0 Å². The summed E-state index contributed by atoms with van der Waals surface area (Å²) >= 11 is 0. The minimum Gasteiger partial charge on any atom is -0.456 e. The Morgan fingerprint density at radius 1 is 0.323 bits per heavy atom. The molecule has 0 bridgehead atoms. The van der Waals surface area contributed by atoms with Crippen LogP contribution in [-0.2, 0) is 5.41 Å². The molecule has 308 valence electrons. The Hall–Kier alpha value is -8.40. The maximum Gasteiger partial charge on any atom is 0.135 e. The molecule has 0 fully saturated rings. The van der Waals surface area contributed by atoms with Gasteiger partial charge in [-0.1, -0.05) is 169 Å². The number of benzene rings is 10. The molecule has 65 heavy (non-hydrogen) atoms. The van der Waals surface area contributed by atoms with E-state index in [4.69, 9.17) is 4.42 Å². The summed E-state index contributed by atoms with van der Waals surface area (Å²) in [5.74, 6) is 0. The predicted octanol–water partition coefficient (Wildman–Crippen LogP) is 16.9. The average Bonchev–Trinajstić information content (AvgIpc) is 3.89. The van der Waals surface area contributed by atoms with E-state index in [1.807, 2.05) is 12.1 Å². The van der Waals surface area contributed by atoms with E-state index in [-0.39, 0.29) is 0 Å². The summed E-state index contributed by atoms with van der Waals surface area (Å²) in [6, 6.07) is 90.4. The number of para-hydroxylation sites is 3. The highest BCUT2D eigenvalue weighted by Crippen LogP contribution is 2.57. The van der Waals surface area contributed by atoms with Gasteiger partial charge >= 0.3 is 0 Å². The molecule has 12 rings (SSSR count). The maximum atomic E-state index is 6.33. The van der Waals surface area contributed by atoms with E-state index >= 15 is 0 Å². The summed E-state index contributed by atoms with van der Waals surface area (Å²) < 4.78 is 6.33. The summed E-state index contributed by atoms with van der Waals surface area (Å²) in [6.45, 7) is 2.14. The number of nitrogens with zero attached hydrogens (tertiary/aromatic N) is 2. The normalized spacial score (nSPS) is 12.5. The fourth-order valence-corrected chi connectivity index (χ4v) is 10.2. The minimum absolute atomic E-state index is 0.544. The smallest absolute Gasteiger partial charge is 0.135 e. The van der Waals surface area contributed by atoms with Crippen molar-refractivity contribution < 1.29 is 4.42 Å². The van der Waals surface area contributed by atoms with Gasteiger partial charge < -0.3 is 14.2 Å². The Kier molecular flexibility index (Phi) is 9.28. The van der Waals surface area contributed by atoms with Crippen molar-refractivity contribution in [1.82, 2.24) is 0 Å². The first-order valence-corrected chi connectivity index (χ1v) is 22.3. The van der Waals surface area contributed by atoms with Gasteiger partial charge in [-0.3, -0.25) is 0 Å². The Labute approximate surface area is 379 Å². The van der Waals surface area contributed by atoms with Crippen LogP contribution >= 0.6 is 0 Å². The lowest BCUT2D eigenvalue weighted by molar-refractivity contribution is 0.669. The molecule has 1 aromatic heterocycles. The van der Waals surface area contributed by atoms with E-state index in [2.05, 4.69) is 253 Å². The number of rotatable bonds is 9. The van der Waals surface area contributed by atoms with Crippen LogP contribution < -0.4 is 9.80 Å². The zero-order valence-electron chi connectivity index (χ0n) is 36.0. The van der Waals surface area contributed by atoms with Gasteiger partial charge in [0.25, 0.3) is 0 Å². The third-order valence-corrected chi connectivity index (χ3v) is 13.2. The number of hydrogen-bond acceptors (Lipinski definition) is 3. The van der Waals surface area contributed by atoms with Crippen LogP contribution in [0.25, 0.3) is 44.2 Å². The molecule has 0 N–H and O–H groups in total. The molecule has 1 aliphatic carbocycles. The second kappa shape index (κ2) is 15.7. The van der Waals surface area contributed by atoms with E-state index in [0.29, 0.717) is 0 Å². The Bertz CT molecular complexity index is 3450. The van der Waals surface area contributed by atoms with Crippen molar-refractivity contribution >= 4 is 56.1 Å². The van der Waals surface area contributed by atoms with Crippen LogP contribution in [0, 0.1) is 6.92 Å². The highest BCUT2D eigenvalue weighted by Gasteiger charge is 2.46. The van der Waals surface area contributed by atoms with Crippen molar-refractivity contribution in [2.45, 2.75) is 12.3 Å². The van der Waals surface area contributed by atoms with E-state index < -0.39 is 5.41 Å². The fraction of sp³-hybridized carbons (Fsp3) is 0.0323. The molecule has 3 nitrogen and oxygen atoms in total. The zero-order valence-corrected chi connectivity index (χ0v) is 36.0. The molecular formula is C62H44N2O.